The van der Waals surface area contributed by atoms with Crippen LogP contribution in [0.15, 0.2) is 12.2 Å². The Kier molecular flexibility index (Phi) is 1.18. The molecule has 8 heavy (non-hydrogen) atoms. The van der Waals surface area contributed by atoms with Gasteiger partial charge in [0.15, 0.2) is 0 Å². The molecule has 0 radical (unpaired) electrons. The van der Waals surface area contributed by atoms with E-state index in [2.05, 4.69) is 32.9 Å². The minimum absolute atomic E-state index is 0.631. The van der Waals surface area contributed by atoms with Crippen LogP contribution in [0.2, 0.25) is 0 Å². The molecule has 1 saturated carbocycles. The Morgan fingerprint density at radius 3 is 2.12 bits per heavy atom. The summed E-state index contributed by atoms with van der Waals surface area (Å²) in [7, 11) is 0. The SMILES string of the molecule is C/C=C/[C@H]1CC1(C)C. The lowest BCUT2D eigenvalue weighted by molar-refractivity contribution is 0.610. The molecule has 1 rings (SSSR count). The van der Waals surface area contributed by atoms with E-state index in [-0.39, 0.29) is 0 Å². The third-order valence-electron chi connectivity index (χ3n) is 2.01. The Labute approximate surface area is 51.6 Å². The zero-order valence-electron chi connectivity index (χ0n) is 5.94. The molecule has 1 fully saturated rings. The predicted molar refractivity (Wildman–Crippen MR) is 36.7 cm³/mol. The van der Waals surface area contributed by atoms with E-state index in [1.165, 1.54) is 6.42 Å². The van der Waals surface area contributed by atoms with Gasteiger partial charge in [-0.3, -0.25) is 0 Å². The van der Waals surface area contributed by atoms with Crippen molar-refractivity contribution in [1.82, 2.24) is 0 Å². The van der Waals surface area contributed by atoms with Gasteiger partial charge in [0.2, 0.25) is 0 Å². The van der Waals surface area contributed by atoms with Crippen molar-refractivity contribution in [3.63, 3.8) is 0 Å². The second kappa shape index (κ2) is 1.61. The maximum Gasteiger partial charge on any atom is -0.0177 e. The lowest BCUT2D eigenvalue weighted by Gasteiger charge is -1.93. The van der Waals surface area contributed by atoms with Crippen molar-refractivity contribution >= 4 is 0 Å². The minimum atomic E-state index is 0.631. The van der Waals surface area contributed by atoms with E-state index < -0.39 is 0 Å². The summed E-state index contributed by atoms with van der Waals surface area (Å²) in [5, 5.41) is 0. The van der Waals surface area contributed by atoms with Gasteiger partial charge in [0.25, 0.3) is 0 Å². The van der Waals surface area contributed by atoms with Gasteiger partial charge in [-0.15, -0.1) is 0 Å². The summed E-state index contributed by atoms with van der Waals surface area (Å²) >= 11 is 0. The molecule has 0 heterocycles. The van der Waals surface area contributed by atoms with Crippen molar-refractivity contribution in [2.24, 2.45) is 11.3 Å². The highest BCUT2D eigenvalue weighted by Crippen LogP contribution is 2.52. The molecule has 0 saturated heterocycles. The first-order valence-corrected chi connectivity index (χ1v) is 3.29. The summed E-state index contributed by atoms with van der Waals surface area (Å²) in [5.74, 6) is 0.882. The van der Waals surface area contributed by atoms with Gasteiger partial charge in [0.1, 0.15) is 0 Å². The molecule has 0 unspecified atom stereocenters. The van der Waals surface area contributed by atoms with Crippen LogP contribution >= 0.6 is 0 Å². The van der Waals surface area contributed by atoms with Crippen LogP contribution in [0.25, 0.3) is 0 Å². The average molecular weight is 110 g/mol. The van der Waals surface area contributed by atoms with E-state index in [0.717, 1.165) is 5.92 Å². The Bertz CT molecular complexity index is 109. The summed E-state index contributed by atoms with van der Waals surface area (Å²) in [6.45, 7) is 6.73. The maximum absolute atomic E-state index is 2.32. The molecule has 1 aliphatic rings. The fourth-order valence-corrected chi connectivity index (χ4v) is 1.07. The van der Waals surface area contributed by atoms with Crippen LogP contribution < -0.4 is 0 Å². The quantitative estimate of drug-likeness (QED) is 0.455. The van der Waals surface area contributed by atoms with Gasteiger partial charge >= 0.3 is 0 Å². The molecule has 1 aliphatic carbocycles. The van der Waals surface area contributed by atoms with Gasteiger partial charge in [0, 0.05) is 0 Å². The zero-order valence-corrected chi connectivity index (χ0v) is 5.94. The molecule has 0 aliphatic heterocycles. The first kappa shape index (κ1) is 5.87. The summed E-state index contributed by atoms with van der Waals surface area (Å²) in [4.78, 5) is 0. The average Bonchev–Trinajstić information content (AvgIpc) is 2.15. The molecule has 0 bridgehead atoms. The molecule has 1 atom stereocenters. The van der Waals surface area contributed by atoms with Crippen molar-refractivity contribution in [3.05, 3.63) is 12.2 Å². The molecule has 0 N–H and O–H groups in total. The highest BCUT2D eigenvalue weighted by Gasteiger charge is 2.43. The van der Waals surface area contributed by atoms with E-state index in [1.54, 1.807) is 0 Å². The first-order chi connectivity index (χ1) is 3.67. The number of hydrogen-bond acceptors (Lipinski definition) is 0. The van der Waals surface area contributed by atoms with Gasteiger partial charge in [0.05, 0.1) is 0 Å². The van der Waals surface area contributed by atoms with Crippen LogP contribution in [0.1, 0.15) is 27.2 Å². The highest BCUT2D eigenvalue weighted by atomic mass is 14.5. The second-order valence-electron chi connectivity index (χ2n) is 3.32. The molecule has 0 nitrogen and oxygen atoms in total. The Hall–Kier alpha value is -0.260. The molecule has 46 valence electrons. The van der Waals surface area contributed by atoms with E-state index in [0.29, 0.717) is 5.41 Å². The molecule has 0 amide bonds. The number of allylic oxidation sites excluding steroid dienone is 2. The van der Waals surface area contributed by atoms with Crippen molar-refractivity contribution in [2.45, 2.75) is 27.2 Å². The van der Waals surface area contributed by atoms with Gasteiger partial charge < -0.3 is 0 Å². The van der Waals surface area contributed by atoms with Crippen LogP contribution in [0.5, 0.6) is 0 Å². The first-order valence-electron chi connectivity index (χ1n) is 3.29. The molecule has 0 heteroatoms. The normalized spacial score (nSPS) is 33.6. The summed E-state index contributed by atoms with van der Waals surface area (Å²) in [6, 6.07) is 0. The van der Waals surface area contributed by atoms with Crippen molar-refractivity contribution in [1.29, 1.82) is 0 Å². The van der Waals surface area contributed by atoms with Crippen LogP contribution in [0.4, 0.5) is 0 Å². The fraction of sp³-hybridized carbons (Fsp3) is 0.750. The Balaban J connectivity index is 2.37. The maximum atomic E-state index is 2.32. The van der Waals surface area contributed by atoms with Crippen LogP contribution in [-0.4, -0.2) is 0 Å². The smallest absolute Gasteiger partial charge is 0.0177 e. The molecular weight excluding hydrogens is 96.1 g/mol. The van der Waals surface area contributed by atoms with E-state index in [4.69, 9.17) is 0 Å². The fourth-order valence-electron chi connectivity index (χ4n) is 1.07. The zero-order chi connectivity index (χ0) is 6.20. The largest absolute Gasteiger partial charge is 0.0914 e. The van der Waals surface area contributed by atoms with Gasteiger partial charge in [-0.2, -0.15) is 0 Å². The standard InChI is InChI=1S/C8H14/c1-4-5-7-6-8(7,2)3/h4-5,7H,6H2,1-3H3/b5-4+/t7-/m0/s1. The predicted octanol–water partition coefficient (Wildman–Crippen LogP) is 2.61. The molecule has 0 aromatic rings. The van der Waals surface area contributed by atoms with Crippen LogP contribution in [0, 0.1) is 11.3 Å². The van der Waals surface area contributed by atoms with Crippen molar-refractivity contribution in [3.8, 4) is 0 Å². The van der Waals surface area contributed by atoms with Crippen LogP contribution in [0.3, 0.4) is 0 Å². The Morgan fingerprint density at radius 1 is 1.50 bits per heavy atom. The number of hydrogen-bond donors (Lipinski definition) is 0. The molecule has 0 spiro atoms. The summed E-state index contributed by atoms with van der Waals surface area (Å²) in [6.07, 6.45) is 5.84. The number of rotatable bonds is 1. The van der Waals surface area contributed by atoms with E-state index in [1.807, 2.05) is 0 Å². The summed E-state index contributed by atoms with van der Waals surface area (Å²) in [5.41, 5.74) is 0.631. The van der Waals surface area contributed by atoms with Gasteiger partial charge in [-0.1, -0.05) is 26.0 Å². The minimum Gasteiger partial charge on any atom is -0.0914 e. The van der Waals surface area contributed by atoms with E-state index in [9.17, 15) is 0 Å². The third-order valence-corrected chi connectivity index (χ3v) is 2.01. The van der Waals surface area contributed by atoms with Gasteiger partial charge in [-0.05, 0) is 24.7 Å². The lowest BCUT2D eigenvalue weighted by Crippen LogP contribution is -1.84. The second-order valence-corrected chi connectivity index (χ2v) is 3.32. The Morgan fingerprint density at radius 2 is 2.00 bits per heavy atom. The molecule has 0 aromatic heterocycles. The highest BCUT2D eigenvalue weighted by molar-refractivity contribution is 5.06. The third kappa shape index (κ3) is 0.936. The topological polar surface area (TPSA) is 0 Å². The van der Waals surface area contributed by atoms with Crippen molar-refractivity contribution in [2.75, 3.05) is 0 Å². The molecular formula is C8H14. The monoisotopic (exact) mass is 110 g/mol. The molecule has 0 aromatic carbocycles. The summed E-state index contributed by atoms with van der Waals surface area (Å²) < 4.78 is 0. The lowest BCUT2D eigenvalue weighted by atomic mass is 10.1. The van der Waals surface area contributed by atoms with E-state index >= 15 is 0 Å². The van der Waals surface area contributed by atoms with Gasteiger partial charge in [-0.25, -0.2) is 0 Å². The van der Waals surface area contributed by atoms with Crippen LogP contribution in [-0.2, 0) is 0 Å². The van der Waals surface area contributed by atoms with Crippen molar-refractivity contribution < 1.29 is 0 Å².